The Balaban J connectivity index is 1.95. The molecule has 0 aromatic heterocycles. The van der Waals surface area contributed by atoms with Crippen molar-refractivity contribution in [3.63, 3.8) is 0 Å². The predicted octanol–water partition coefficient (Wildman–Crippen LogP) is 0.931. The van der Waals surface area contributed by atoms with Gasteiger partial charge in [0.1, 0.15) is 12.6 Å². The Labute approximate surface area is 116 Å². The highest BCUT2D eigenvalue weighted by molar-refractivity contribution is 5.82. The third-order valence-electron chi connectivity index (χ3n) is 3.19. The molecule has 0 spiro atoms. The van der Waals surface area contributed by atoms with E-state index in [2.05, 4.69) is 4.74 Å². The summed E-state index contributed by atoms with van der Waals surface area (Å²) in [7, 11) is 1.25. The highest BCUT2D eigenvalue weighted by Gasteiger charge is 2.40. The lowest BCUT2D eigenvalue weighted by atomic mass is 10.2. The number of methoxy groups -OCH3 is 1. The molecule has 1 aliphatic rings. The summed E-state index contributed by atoms with van der Waals surface area (Å²) in [5, 5.41) is 9.59. The van der Waals surface area contributed by atoms with Crippen LogP contribution in [0.25, 0.3) is 0 Å². The van der Waals surface area contributed by atoms with Crippen molar-refractivity contribution < 1.29 is 24.2 Å². The summed E-state index contributed by atoms with van der Waals surface area (Å²) in [4.78, 5) is 24.8. The molecular weight excluding hydrogens is 262 g/mol. The van der Waals surface area contributed by atoms with Gasteiger partial charge in [0.2, 0.25) is 0 Å². The zero-order chi connectivity index (χ0) is 14.5. The number of aliphatic hydroxyl groups is 1. The average molecular weight is 279 g/mol. The van der Waals surface area contributed by atoms with E-state index in [1.165, 1.54) is 12.0 Å². The predicted molar refractivity (Wildman–Crippen MR) is 69.8 cm³/mol. The van der Waals surface area contributed by atoms with Crippen LogP contribution in [0.3, 0.4) is 0 Å². The van der Waals surface area contributed by atoms with E-state index < -0.39 is 24.2 Å². The van der Waals surface area contributed by atoms with Crippen molar-refractivity contribution >= 4 is 12.1 Å². The molecule has 1 unspecified atom stereocenters. The number of ether oxygens (including phenoxy) is 2. The molecule has 1 amide bonds. The molecule has 0 aliphatic carbocycles. The Kier molecular flexibility index (Phi) is 4.57. The van der Waals surface area contributed by atoms with Crippen molar-refractivity contribution in [2.75, 3.05) is 13.7 Å². The van der Waals surface area contributed by atoms with Crippen LogP contribution >= 0.6 is 0 Å². The first-order valence-corrected chi connectivity index (χ1v) is 6.35. The minimum Gasteiger partial charge on any atom is -0.467 e. The van der Waals surface area contributed by atoms with Gasteiger partial charge >= 0.3 is 12.1 Å². The molecule has 6 heteroatoms. The number of hydrogen-bond acceptors (Lipinski definition) is 5. The highest BCUT2D eigenvalue weighted by atomic mass is 16.6. The summed E-state index contributed by atoms with van der Waals surface area (Å²) in [6.07, 6.45) is -1.18. The summed E-state index contributed by atoms with van der Waals surface area (Å²) in [5.41, 5.74) is 0.857. The minimum atomic E-state index is -0.779. The number of β-amino-alcohol motifs (C(OH)–C–C–N with tert-alkyl or cyclic N) is 1. The molecule has 1 fully saturated rings. The molecule has 1 aromatic rings. The number of rotatable bonds is 3. The lowest BCUT2D eigenvalue weighted by Gasteiger charge is -2.21. The second kappa shape index (κ2) is 6.38. The molecule has 1 saturated heterocycles. The Morgan fingerprint density at radius 2 is 2.05 bits per heavy atom. The number of likely N-dealkylation sites (tertiary alicyclic amines) is 1. The number of carbonyl (C=O) groups excluding carboxylic acids is 2. The van der Waals surface area contributed by atoms with Gasteiger partial charge in [0.15, 0.2) is 0 Å². The van der Waals surface area contributed by atoms with E-state index in [0.29, 0.717) is 0 Å². The van der Waals surface area contributed by atoms with E-state index in [-0.39, 0.29) is 19.6 Å². The summed E-state index contributed by atoms with van der Waals surface area (Å²) < 4.78 is 9.78. The fourth-order valence-electron chi connectivity index (χ4n) is 2.18. The standard InChI is InChI=1S/C14H17NO5/c1-19-13(17)12-7-11(16)8-15(12)14(18)20-9-10-5-3-2-4-6-10/h2-6,11-12,16H,7-9H2,1H3/t11?,12-/m0/s1. The lowest BCUT2D eigenvalue weighted by Crippen LogP contribution is -2.41. The van der Waals surface area contributed by atoms with Crippen LogP contribution in [-0.4, -0.2) is 47.9 Å². The number of amides is 1. The van der Waals surface area contributed by atoms with Crippen molar-refractivity contribution in [2.24, 2.45) is 0 Å². The van der Waals surface area contributed by atoms with Crippen molar-refractivity contribution in [3.05, 3.63) is 35.9 Å². The quantitative estimate of drug-likeness (QED) is 0.833. The van der Waals surface area contributed by atoms with E-state index in [9.17, 15) is 14.7 Å². The monoisotopic (exact) mass is 279 g/mol. The summed E-state index contributed by atoms with van der Waals surface area (Å²) in [6, 6.07) is 8.46. The maximum atomic E-state index is 12.0. The Morgan fingerprint density at radius 3 is 2.70 bits per heavy atom. The van der Waals surface area contributed by atoms with Gasteiger partial charge in [-0.15, -0.1) is 0 Å². The van der Waals surface area contributed by atoms with Gasteiger partial charge in [0, 0.05) is 6.42 Å². The molecule has 0 radical (unpaired) electrons. The van der Waals surface area contributed by atoms with E-state index >= 15 is 0 Å². The zero-order valence-corrected chi connectivity index (χ0v) is 11.2. The molecule has 6 nitrogen and oxygen atoms in total. The first-order valence-electron chi connectivity index (χ1n) is 6.35. The molecule has 0 saturated carbocycles. The van der Waals surface area contributed by atoms with Crippen molar-refractivity contribution in [3.8, 4) is 0 Å². The van der Waals surface area contributed by atoms with Crippen molar-refractivity contribution in [1.29, 1.82) is 0 Å². The topological polar surface area (TPSA) is 76.1 Å². The number of hydrogen-bond donors (Lipinski definition) is 1. The summed E-state index contributed by atoms with van der Waals surface area (Å²) >= 11 is 0. The van der Waals surface area contributed by atoms with Gasteiger partial charge in [0.25, 0.3) is 0 Å². The van der Waals surface area contributed by atoms with Gasteiger partial charge in [0.05, 0.1) is 19.8 Å². The largest absolute Gasteiger partial charge is 0.467 e. The van der Waals surface area contributed by atoms with Crippen LogP contribution in [0.1, 0.15) is 12.0 Å². The Bertz CT molecular complexity index is 476. The van der Waals surface area contributed by atoms with Gasteiger partial charge in [-0.2, -0.15) is 0 Å². The normalized spacial score (nSPS) is 21.6. The molecule has 1 heterocycles. The molecular formula is C14H17NO5. The van der Waals surface area contributed by atoms with Crippen LogP contribution in [-0.2, 0) is 20.9 Å². The highest BCUT2D eigenvalue weighted by Crippen LogP contribution is 2.20. The van der Waals surface area contributed by atoms with Crippen LogP contribution in [0.15, 0.2) is 30.3 Å². The van der Waals surface area contributed by atoms with E-state index in [4.69, 9.17) is 4.74 Å². The SMILES string of the molecule is COC(=O)[C@@H]1CC(O)CN1C(=O)OCc1ccccc1. The number of benzene rings is 1. The second-order valence-electron chi connectivity index (χ2n) is 4.62. The Morgan fingerprint density at radius 1 is 1.35 bits per heavy atom. The summed E-state index contributed by atoms with van der Waals surface area (Å²) in [5.74, 6) is -0.543. The van der Waals surface area contributed by atoms with Crippen LogP contribution in [0.2, 0.25) is 0 Å². The number of carbonyl (C=O) groups is 2. The fourth-order valence-corrected chi connectivity index (χ4v) is 2.18. The fraction of sp³-hybridized carbons (Fsp3) is 0.429. The van der Waals surface area contributed by atoms with Gasteiger partial charge in [-0.3, -0.25) is 4.90 Å². The molecule has 1 N–H and O–H groups in total. The van der Waals surface area contributed by atoms with E-state index in [1.807, 2.05) is 30.3 Å². The lowest BCUT2D eigenvalue weighted by molar-refractivity contribution is -0.145. The first kappa shape index (κ1) is 14.3. The van der Waals surface area contributed by atoms with Crippen molar-refractivity contribution in [2.45, 2.75) is 25.2 Å². The van der Waals surface area contributed by atoms with Crippen molar-refractivity contribution in [1.82, 2.24) is 4.90 Å². The smallest absolute Gasteiger partial charge is 0.410 e. The van der Waals surface area contributed by atoms with E-state index in [1.54, 1.807) is 0 Å². The van der Waals surface area contributed by atoms with E-state index in [0.717, 1.165) is 5.56 Å². The maximum absolute atomic E-state index is 12.0. The molecule has 0 bridgehead atoms. The summed E-state index contributed by atoms with van der Waals surface area (Å²) in [6.45, 7) is 0.202. The molecule has 1 aliphatic heterocycles. The number of esters is 1. The molecule has 2 atom stereocenters. The molecule has 108 valence electrons. The van der Waals surface area contributed by atoms with Gasteiger partial charge < -0.3 is 14.6 Å². The molecule has 20 heavy (non-hydrogen) atoms. The maximum Gasteiger partial charge on any atom is 0.410 e. The van der Waals surface area contributed by atoms with Gasteiger partial charge in [-0.1, -0.05) is 30.3 Å². The molecule has 2 rings (SSSR count). The number of nitrogens with zero attached hydrogens (tertiary/aromatic N) is 1. The third-order valence-corrected chi connectivity index (χ3v) is 3.19. The third kappa shape index (κ3) is 3.27. The van der Waals surface area contributed by atoms with Gasteiger partial charge in [-0.25, -0.2) is 9.59 Å². The van der Waals surface area contributed by atoms with Crippen LogP contribution in [0, 0.1) is 0 Å². The average Bonchev–Trinajstić information content (AvgIpc) is 2.87. The number of aliphatic hydroxyl groups excluding tert-OH is 1. The first-order chi connectivity index (χ1) is 9.61. The van der Waals surface area contributed by atoms with Gasteiger partial charge in [-0.05, 0) is 5.56 Å². The zero-order valence-electron chi connectivity index (χ0n) is 11.2. The minimum absolute atomic E-state index is 0.0768. The van der Waals surface area contributed by atoms with Crippen LogP contribution in [0.4, 0.5) is 4.79 Å². The van der Waals surface area contributed by atoms with Crippen LogP contribution < -0.4 is 0 Å². The Hall–Kier alpha value is -2.08. The second-order valence-corrected chi connectivity index (χ2v) is 4.62. The molecule has 1 aromatic carbocycles. The van der Waals surface area contributed by atoms with Crippen LogP contribution in [0.5, 0.6) is 0 Å².